The van der Waals surface area contributed by atoms with Gasteiger partial charge in [0.1, 0.15) is 3.79 Å². The molecule has 0 saturated heterocycles. The number of nitrogens with one attached hydrogen (secondary N) is 1. The van der Waals surface area contributed by atoms with E-state index in [1.54, 1.807) is 17.5 Å². The summed E-state index contributed by atoms with van der Waals surface area (Å²) in [7, 11) is 6.07. The number of benzene rings is 1. The van der Waals surface area contributed by atoms with Crippen LogP contribution in [0, 0.1) is 0 Å². The van der Waals surface area contributed by atoms with Crippen molar-refractivity contribution in [2.24, 2.45) is 0 Å². The van der Waals surface area contributed by atoms with Crippen molar-refractivity contribution in [2.75, 3.05) is 33.8 Å². The van der Waals surface area contributed by atoms with Gasteiger partial charge in [-0.05, 0) is 15.9 Å². The monoisotopic (exact) mass is 401 g/mol. The molecule has 2 rings (SSSR count). The molecule has 0 bridgehead atoms. The minimum absolute atomic E-state index is 0.293. The molecule has 6 nitrogen and oxygen atoms in total. The number of thiophene rings is 1. The predicted octanol–water partition coefficient (Wildman–Crippen LogP) is 3.80. The van der Waals surface area contributed by atoms with E-state index in [1.807, 2.05) is 0 Å². The molecule has 8 heteroatoms. The second-order valence-corrected chi connectivity index (χ2v) is 6.52. The molecule has 0 radical (unpaired) electrons. The topological polar surface area (TPSA) is 66.0 Å². The van der Waals surface area contributed by atoms with Gasteiger partial charge in [0, 0.05) is 23.2 Å². The minimum atomic E-state index is -0.293. The molecule has 0 unspecified atom stereocenters. The van der Waals surface area contributed by atoms with E-state index in [9.17, 15) is 4.79 Å². The lowest BCUT2D eigenvalue weighted by Crippen LogP contribution is -2.12. The van der Waals surface area contributed by atoms with Crippen LogP contribution in [0.2, 0.25) is 0 Å². The molecule has 0 aliphatic rings. The summed E-state index contributed by atoms with van der Waals surface area (Å²) in [5.74, 6) is 1.59. The summed E-state index contributed by atoms with van der Waals surface area (Å²) < 4.78 is 21.8. The van der Waals surface area contributed by atoms with Crippen LogP contribution in [0.1, 0.15) is 10.4 Å². The number of amides is 1. The molecule has 0 aliphatic carbocycles. The van der Waals surface area contributed by atoms with Crippen LogP contribution in [0.3, 0.4) is 0 Å². The number of rotatable bonds is 6. The third-order valence-electron chi connectivity index (χ3n) is 3.07. The molecular weight excluding hydrogens is 386 g/mol. The van der Waals surface area contributed by atoms with Crippen LogP contribution >= 0.6 is 27.3 Å². The zero-order chi connectivity index (χ0) is 17.0. The van der Waals surface area contributed by atoms with E-state index in [0.29, 0.717) is 34.2 Å². The number of carbonyl (C=O) groups excluding carboxylic acids is 1. The van der Waals surface area contributed by atoms with Gasteiger partial charge in [0.2, 0.25) is 5.75 Å². The summed E-state index contributed by atoms with van der Waals surface area (Å²) in [5, 5.41) is 4.52. The molecule has 0 spiro atoms. The molecule has 0 atom stereocenters. The molecule has 1 aromatic carbocycles. The lowest BCUT2D eigenvalue weighted by atomic mass is 10.2. The van der Waals surface area contributed by atoms with E-state index in [1.165, 1.54) is 39.8 Å². The van der Waals surface area contributed by atoms with Crippen molar-refractivity contribution in [1.82, 2.24) is 0 Å². The van der Waals surface area contributed by atoms with Gasteiger partial charge in [0.15, 0.2) is 17.2 Å². The summed E-state index contributed by atoms with van der Waals surface area (Å²) >= 11 is 4.73. The highest BCUT2D eigenvalue weighted by atomic mass is 79.9. The minimum Gasteiger partial charge on any atom is -0.494 e. The van der Waals surface area contributed by atoms with Gasteiger partial charge in [-0.25, -0.2) is 0 Å². The van der Waals surface area contributed by atoms with Crippen LogP contribution in [0.25, 0.3) is 0 Å². The largest absolute Gasteiger partial charge is 0.494 e. The van der Waals surface area contributed by atoms with Crippen molar-refractivity contribution in [1.29, 1.82) is 0 Å². The molecule has 1 heterocycles. The Bertz CT molecular complexity index is 691. The maximum Gasteiger partial charge on any atom is 0.260 e. The highest BCUT2D eigenvalue weighted by Gasteiger charge is 2.19. The smallest absolute Gasteiger partial charge is 0.260 e. The number of anilines is 1. The van der Waals surface area contributed by atoms with E-state index in [-0.39, 0.29) is 5.91 Å². The number of hydrogen-bond acceptors (Lipinski definition) is 6. The average molecular weight is 402 g/mol. The SMILES string of the molecule is COc1cc(NC(=O)c2csc(Br)c2OC)cc(OC)c1OC. The van der Waals surface area contributed by atoms with Crippen molar-refractivity contribution >= 4 is 38.9 Å². The lowest BCUT2D eigenvalue weighted by molar-refractivity contribution is 0.102. The Kier molecular flexibility index (Phi) is 5.73. The standard InChI is InChI=1S/C15H16BrNO5S/c1-19-10-5-8(6-11(20-2)13(10)22-4)17-15(18)9-7-23-14(16)12(9)21-3/h5-7H,1-4H3,(H,17,18). The maximum absolute atomic E-state index is 12.4. The normalized spacial score (nSPS) is 10.1. The van der Waals surface area contributed by atoms with Gasteiger partial charge < -0.3 is 24.3 Å². The van der Waals surface area contributed by atoms with Crippen LogP contribution < -0.4 is 24.3 Å². The Balaban J connectivity index is 2.34. The van der Waals surface area contributed by atoms with E-state index in [2.05, 4.69) is 21.2 Å². The Morgan fingerprint density at radius 2 is 1.57 bits per heavy atom. The molecule has 1 N–H and O–H groups in total. The third kappa shape index (κ3) is 3.53. The molecule has 1 aromatic heterocycles. The van der Waals surface area contributed by atoms with Gasteiger partial charge in [0.25, 0.3) is 5.91 Å². The van der Waals surface area contributed by atoms with Crippen molar-refractivity contribution in [2.45, 2.75) is 0 Å². The van der Waals surface area contributed by atoms with Gasteiger partial charge in [-0.15, -0.1) is 11.3 Å². The first-order valence-electron chi connectivity index (χ1n) is 6.48. The number of halogens is 1. The van der Waals surface area contributed by atoms with Crippen molar-refractivity contribution < 1.29 is 23.7 Å². The van der Waals surface area contributed by atoms with Gasteiger partial charge in [-0.2, -0.15) is 0 Å². The quantitative estimate of drug-likeness (QED) is 0.797. The van der Waals surface area contributed by atoms with Crippen LogP contribution in [0.15, 0.2) is 21.3 Å². The second-order valence-electron chi connectivity index (χ2n) is 4.32. The van der Waals surface area contributed by atoms with E-state index in [4.69, 9.17) is 18.9 Å². The van der Waals surface area contributed by atoms with Crippen LogP contribution in [-0.4, -0.2) is 34.3 Å². The van der Waals surface area contributed by atoms with Gasteiger partial charge in [0.05, 0.1) is 34.0 Å². The Labute approximate surface area is 146 Å². The van der Waals surface area contributed by atoms with Crippen LogP contribution in [0.4, 0.5) is 5.69 Å². The highest BCUT2D eigenvalue weighted by molar-refractivity contribution is 9.11. The Hall–Kier alpha value is -1.93. The Morgan fingerprint density at radius 3 is 2.04 bits per heavy atom. The van der Waals surface area contributed by atoms with E-state index < -0.39 is 0 Å². The second kappa shape index (κ2) is 7.56. The summed E-state index contributed by atoms with van der Waals surface area (Å²) in [6.07, 6.45) is 0. The molecule has 0 fully saturated rings. The summed E-state index contributed by atoms with van der Waals surface area (Å²) in [6, 6.07) is 3.32. The molecule has 0 saturated carbocycles. The van der Waals surface area contributed by atoms with Crippen molar-refractivity contribution in [3.05, 3.63) is 26.9 Å². The van der Waals surface area contributed by atoms with Gasteiger partial charge in [-0.1, -0.05) is 0 Å². The molecule has 1 amide bonds. The summed E-state index contributed by atoms with van der Waals surface area (Å²) in [6.45, 7) is 0. The highest BCUT2D eigenvalue weighted by Crippen LogP contribution is 2.40. The first kappa shape index (κ1) is 17.4. The van der Waals surface area contributed by atoms with Crippen molar-refractivity contribution in [3.63, 3.8) is 0 Å². The Morgan fingerprint density at radius 1 is 1.00 bits per heavy atom. The zero-order valence-electron chi connectivity index (χ0n) is 13.1. The number of hydrogen-bond donors (Lipinski definition) is 1. The maximum atomic E-state index is 12.4. The molecule has 0 aliphatic heterocycles. The molecule has 23 heavy (non-hydrogen) atoms. The van der Waals surface area contributed by atoms with Gasteiger partial charge in [-0.3, -0.25) is 4.79 Å². The predicted molar refractivity (Wildman–Crippen MR) is 92.6 cm³/mol. The van der Waals surface area contributed by atoms with Crippen molar-refractivity contribution in [3.8, 4) is 23.0 Å². The van der Waals surface area contributed by atoms with E-state index >= 15 is 0 Å². The fourth-order valence-corrected chi connectivity index (χ4v) is 3.41. The average Bonchev–Trinajstić information content (AvgIpc) is 2.94. The molecule has 124 valence electrons. The van der Waals surface area contributed by atoms with E-state index in [0.717, 1.165) is 3.79 Å². The zero-order valence-corrected chi connectivity index (χ0v) is 15.5. The molecule has 2 aromatic rings. The van der Waals surface area contributed by atoms with Crippen LogP contribution in [-0.2, 0) is 0 Å². The third-order valence-corrected chi connectivity index (χ3v) is 4.74. The summed E-state index contributed by atoms with van der Waals surface area (Å²) in [4.78, 5) is 12.4. The first-order chi connectivity index (χ1) is 11.0. The number of methoxy groups -OCH3 is 4. The molecular formula is C15H16BrNO5S. The number of carbonyl (C=O) groups is 1. The summed E-state index contributed by atoms with van der Waals surface area (Å²) in [5.41, 5.74) is 0.965. The lowest BCUT2D eigenvalue weighted by Gasteiger charge is -2.14. The number of ether oxygens (including phenoxy) is 4. The van der Waals surface area contributed by atoms with Gasteiger partial charge >= 0.3 is 0 Å². The van der Waals surface area contributed by atoms with Crippen LogP contribution in [0.5, 0.6) is 23.0 Å². The fraction of sp³-hybridized carbons (Fsp3) is 0.267. The fourth-order valence-electron chi connectivity index (χ4n) is 2.02. The first-order valence-corrected chi connectivity index (χ1v) is 8.15.